The summed E-state index contributed by atoms with van der Waals surface area (Å²) in [5, 5.41) is 0. The average molecular weight is 777 g/mol. The molecule has 0 spiro atoms. The van der Waals surface area contributed by atoms with Gasteiger partial charge in [-0.3, -0.25) is 14.4 Å². The normalized spacial score (nSPS) is 13.0. The Morgan fingerprint density at radius 2 is 0.786 bits per heavy atom. The van der Waals surface area contributed by atoms with Crippen LogP contribution in [0.25, 0.3) is 0 Å². The highest BCUT2D eigenvalue weighted by atomic mass is 16.6. The van der Waals surface area contributed by atoms with Gasteiger partial charge in [0.25, 0.3) is 0 Å². The lowest BCUT2D eigenvalue weighted by Crippen LogP contribution is -2.30. The number of hydrogen-bond donors (Lipinski definition) is 0. The number of carbonyl (C=O) groups is 3. The second-order valence-electron chi connectivity index (χ2n) is 14.3. The van der Waals surface area contributed by atoms with Crippen molar-refractivity contribution in [1.29, 1.82) is 0 Å². The molecule has 0 saturated heterocycles. The first-order chi connectivity index (χ1) is 27.5. The maximum absolute atomic E-state index is 12.7. The van der Waals surface area contributed by atoms with Crippen LogP contribution in [0.3, 0.4) is 0 Å². The van der Waals surface area contributed by atoms with E-state index in [1.165, 1.54) is 44.9 Å². The molecule has 0 saturated carbocycles. The van der Waals surface area contributed by atoms with E-state index in [1.807, 2.05) is 48.6 Å². The maximum atomic E-state index is 12.7. The molecular weight excluding hydrogens is 697 g/mol. The Bertz CT molecular complexity index is 1170. The van der Waals surface area contributed by atoms with Gasteiger partial charge in [0, 0.05) is 19.3 Å². The molecule has 1 unspecified atom stereocenters. The maximum Gasteiger partial charge on any atom is 0.306 e. The number of rotatable bonds is 38. The Morgan fingerprint density at radius 1 is 0.393 bits per heavy atom. The van der Waals surface area contributed by atoms with E-state index in [2.05, 4.69) is 69.4 Å². The number of ether oxygens (including phenoxy) is 3. The van der Waals surface area contributed by atoms with Crippen molar-refractivity contribution in [3.05, 3.63) is 97.2 Å². The minimum absolute atomic E-state index is 0.116. The van der Waals surface area contributed by atoms with Crippen LogP contribution in [-0.2, 0) is 28.6 Å². The van der Waals surface area contributed by atoms with Crippen LogP contribution in [-0.4, -0.2) is 37.2 Å². The predicted octanol–water partition coefficient (Wildman–Crippen LogP) is 14.2. The number of allylic oxidation sites excluding steroid dienone is 16. The minimum atomic E-state index is -0.814. The van der Waals surface area contributed by atoms with Crippen LogP contribution in [0.4, 0.5) is 0 Å². The average Bonchev–Trinajstić information content (AvgIpc) is 3.19. The van der Waals surface area contributed by atoms with Gasteiger partial charge in [0.05, 0.1) is 0 Å². The zero-order valence-corrected chi connectivity index (χ0v) is 35.9. The number of hydrogen-bond acceptors (Lipinski definition) is 6. The first-order valence-electron chi connectivity index (χ1n) is 22.3. The fourth-order valence-corrected chi connectivity index (χ4v) is 5.61. The molecule has 0 aliphatic carbocycles. The molecule has 0 aliphatic heterocycles. The summed E-state index contributed by atoms with van der Waals surface area (Å²) in [6.45, 7) is 6.25. The van der Waals surface area contributed by atoms with Crippen LogP contribution in [0.5, 0.6) is 0 Å². The third-order valence-corrected chi connectivity index (χ3v) is 8.93. The summed E-state index contributed by atoms with van der Waals surface area (Å²) >= 11 is 0. The molecule has 0 aromatic carbocycles. The summed E-state index contributed by atoms with van der Waals surface area (Å²) < 4.78 is 16.6. The number of unbranched alkanes of at least 4 members (excludes halogenated alkanes) is 15. The highest BCUT2D eigenvalue weighted by molar-refractivity contribution is 5.71. The van der Waals surface area contributed by atoms with Gasteiger partial charge >= 0.3 is 17.9 Å². The van der Waals surface area contributed by atoms with Crippen molar-refractivity contribution in [3.63, 3.8) is 0 Å². The van der Waals surface area contributed by atoms with Crippen molar-refractivity contribution < 1.29 is 28.6 Å². The third kappa shape index (κ3) is 41.5. The second-order valence-corrected chi connectivity index (χ2v) is 14.3. The van der Waals surface area contributed by atoms with E-state index in [0.717, 1.165) is 96.3 Å². The van der Waals surface area contributed by atoms with Crippen molar-refractivity contribution in [2.24, 2.45) is 0 Å². The molecule has 0 aromatic heterocycles. The van der Waals surface area contributed by atoms with Gasteiger partial charge in [-0.05, 0) is 89.9 Å². The zero-order chi connectivity index (χ0) is 40.8. The lowest BCUT2D eigenvalue weighted by atomic mass is 10.1. The van der Waals surface area contributed by atoms with E-state index in [9.17, 15) is 14.4 Å². The molecule has 0 aliphatic rings. The summed E-state index contributed by atoms with van der Waals surface area (Å²) in [5.74, 6) is -1.02. The highest BCUT2D eigenvalue weighted by Crippen LogP contribution is 2.12. The van der Waals surface area contributed by atoms with Crippen LogP contribution >= 0.6 is 0 Å². The SMILES string of the molecule is CC\C=C/C=C\C=C/C=C\C=C/CCCCCC(=O)OCC(COC(=O)CCCC/C=C\C/C=C\CC)OC(=O)CCCCC/C=C\CCCCCCCCC. The molecule has 0 heterocycles. The van der Waals surface area contributed by atoms with Gasteiger partial charge in [-0.15, -0.1) is 0 Å². The van der Waals surface area contributed by atoms with Crippen LogP contribution < -0.4 is 0 Å². The van der Waals surface area contributed by atoms with E-state index in [1.54, 1.807) is 0 Å². The van der Waals surface area contributed by atoms with Gasteiger partial charge in [0.15, 0.2) is 6.10 Å². The molecule has 0 amide bonds. The molecule has 0 rings (SSSR count). The van der Waals surface area contributed by atoms with E-state index in [0.29, 0.717) is 12.8 Å². The lowest BCUT2D eigenvalue weighted by Gasteiger charge is -2.18. The van der Waals surface area contributed by atoms with Gasteiger partial charge in [0.2, 0.25) is 0 Å². The summed E-state index contributed by atoms with van der Waals surface area (Å²) in [6, 6.07) is 0. The Labute approximate surface area is 343 Å². The van der Waals surface area contributed by atoms with E-state index in [4.69, 9.17) is 14.2 Å². The summed E-state index contributed by atoms with van der Waals surface area (Å²) in [7, 11) is 0. The molecule has 1 atom stereocenters. The Balaban J connectivity index is 4.52. The first-order valence-corrected chi connectivity index (χ1v) is 22.3. The van der Waals surface area contributed by atoms with Gasteiger partial charge < -0.3 is 14.2 Å². The lowest BCUT2D eigenvalue weighted by molar-refractivity contribution is -0.167. The topological polar surface area (TPSA) is 78.9 Å². The second kappa shape index (κ2) is 44.0. The molecule has 6 heteroatoms. The fourth-order valence-electron chi connectivity index (χ4n) is 5.61. The molecule has 0 bridgehead atoms. The molecule has 0 fully saturated rings. The molecule has 6 nitrogen and oxygen atoms in total. The Kier molecular flexibility index (Phi) is 41.2. The third-order valence-electron chi connectivity index (χ3n) is 8.93. The zero-order valence-electron chi connectivity index (χ0n) is 35.9. The number of esters is 3. The first kappa shape index (κ1) is 52.3. The molecule has 56 heavy (non-hydrogen) atoms. The van der Waals surface area contributed by atoms with Crippen LogP contribution in [0.15, 0.2) is 97.2 Å². The van der Waals surface area contributed by atoms with Crippen molar-refractivity contribution in [2.75, 3.05) is 13.2 Å². The van der Waals surface area contributed by atoms with Crippen LogP contribution in [0, 0.1) is 0 Å². The van der Waals surface area contributed by atoms with Crippen LogP contribution in [0.1, 0.15) is 181 Å². The van der Waals surface area contributed by atoms with Crippen molar-refractivity contribution in [3.8, 4) is 0 Å². The van der Waals surface area contributed by atoms with E-state index < -0.39 is 6.10 Å². The summed E-state index contributed by atoms with van der Waals surface area (Å²) in [4.78, 5) is 37.6. The fraction of sp³-hybridized carbons (Fsp3) is 0.620. The summed E-state index contributed by atoms with van der Waals surface area (Å²) in [6.07, 6.45) is 56.9. The predicted molar refractivity (Wildman–Crippen MR) is 237 cm³/mol. The largest absolute Gasteiger partial charge is 0.462 e. The summed E-state index contributed by atoms with van der Waals surface area (Å²) in [5.41, 5.74) is 0. The quantitative estimate of drug-likeness (QED) is 0.0204. The van der Waals surface area contributed by atoms with Crippen molar-refractivity contribution in [2.45, 2.75) is 187 Å². The molecular formula is C50H80O6. The standard InChI is InChI=1S/C50H80O6/c1-4-7-10-13-16-19-21-23-25-27-28-31-34-37-40-43-49(52)55-46-47(45-54-48(51)42-39-36-33-30-18-15-12-9-6-3)56-50(53)44-41-38-35-32-29-26-24-22-20-17-14-11-8-5-2/h7,9-10,12-13,16,18-19,21,23,25-30,47H,4-6,8,11,14-15,17,20,22,24,31-46H2,1-3H3/b10-7-,12-9-,16-13-,21-19-,25-23-,28-27-,29-26-,30-18-. The Morgan fingerprint density at radius 3 is 1.34 bits per heavy atom. The van der Waals surface area contributed by atoms with Gasteiger partial charge in [0.1, 0.15) is 13.2 Å². The smallest absolute Gasteiger partial charge is 0.306 e. The Hall–Kier alpha value is -3.67. The monoisotopic (exact) mass is 777 g/mol. The van der Waals surface area contributed by atoms with Gasteiger partial charge in [-0.1, -0.05) is 169 Å². The van der Waals surface area contributed by atoms with Crippen molar-refractivity contribution >= 4 is 17.9 Å². The molecule has 0 N–H and O–H groups in total. The molecule has 316 valence electrons. The van der Waals surface area contributed by atoms with E-state index in [-0.39, 0.29) is 37.5 Å². The van der Waals surface area contributed by atoms with Crippen molar-refractivity contribution in [1.82, 2.24) is 0 Å². The van der Waals surface area contributed by atoms with Gasteiger partial charge in [-0.25, -0.2) is 0 Å². The molecule has 0 radical (unpaired) electrons. The number of carbonyl (C=O) groups excluding carboxylic acids is 3. The van der Waals surface area contributed by atoms with Crippen LogP contribution in [0.2, 0.25) is 0 Å². The highest BCUT2D eigenvalue weighted by Gasteiger charge is 2.19. The minimum Gasteiger partial charge on any atom is -0.462 e. The van der Waals surface area contributed by atoms with Gasteiger partial charge in [-0.2, -0.15) is 0 Å². The molecule has 0 aromatic rings. The van der Waals surface area contributed by atoms with E-state index >= 15 is 0 Å².